The number of aryl methyl sites for hydroxylation is 1. The SMILES string of the molecule is CCn1ncc2c1CCCC2NC(C)Cc1ccccn1. The summed E-state index contributed by atoms with van der Waals surface area (Å²) in [5, 5.41) is 8.29. The third-order valence-corrected chi connectivity index (χ3v) is 4.29. The molecule has 0 saturated heterocycles. The van der Waals surface area contributed by atoms with E-state index in [0.29, 0.717) is 12.1 Å². The number of aromatic nitrogens is 3. The Morgan fingerprint density at radius 3 is 3.10 bits per heavy atom. The predicted octanol–water partition coefficient (Wildman–Crippen LogP) is 2.90. The molecule has 1 aliphatic carbocycles. The maximum absolute atomic E-state index is 4.52. The molecule has 21 heavy (non-hydrogen) atoms. The van der Waals surface area contributed by atoms with Crippen molar-refractivity contribution in [3.8, 4) is 0 Å². The van der Waals surface area contributed by atoms with Gasteiger partial charge in [0.1, 0.15) is 0 Å². The standard InChI is InChI=1S/C17H24N4/c1-3-21-17-9-6-8-16(15(17)12-19-21)20-13(2)11-14-7-4-5-10-18-14/h4-5,7,10,12-13,16,20H,3,6,8-9,11H2,1-2H3. The van der Waals surface area contributed by atoms with Crippen LogP contribution in [0.2, 0.25) is 0 Å². The highest BCUT2D eigenvalue weighted by molar-refractivity contribution is 5.25. The fourth-order valence-corrected chi connectivity index (χ4v) is 3.30. The molecule has 3 rings (SSSR count). The van der Waals surface area contributed by atoms with Crippen molar-refractivity contribution in [3.05, 3.63) is 47.5 Å². The molecule has 0 aromatic carbocycles. The summed E-state index contributed by atoms with van der Waals surface area (Å²) in [6, 6.07) is 6.97. The van der Waals surface area contributed by atoms with Crippen LogP contribution in [0.15, 0.2) is 30.6 Å². The largest absolute Gasteiger partial charge is 0.307 e. The van der Waals surface area contributed by atoms with Gasteiger partial charge in [0, 0.05) is 48.2 Å². The van der Waals surface area contributed by atoms with Crippen LogP contribution < -0.4 is 5.32 Å². The van der Waals surface area contributed by atoms with Crippen molar-refractivity contribution in [1.82, 2.24) is 20.1 Å². The van der Waals surface area contributed by atoms with Crippen LogP contribution in [0.25, 0.3) is 0 Å². The first-order valence-corrected chi connectivity index (χ1v) is 7.98. The van der Waals surface area contributed by atoms with E-state index in [1.165, 1.54) is 24.1 Å². The summed E-state index contributed by atoms with van der Waals surface area (Å²) in [6.07, 6.45) is 8.50. The molecule has 2 aromatic rings. The average molecular weight is 284 g/mol. The molecule has 4 heteroatoms. The lowest BCUT2D eigenvalue weighted by Crippen LogP contribution is -2.34. The van der Waals surface area contributed by atoms with Gasteiger partial charge in [-0.3, -0.25) is 9.67 Å². The van der Waals surface area contributed by atoms with Crippen molar-refractivity contribution >= 4 is 0 Å². The molecule has 1 aliphatic rings. The van der Waals surface area contributed by atoms with Gasteiger partial charge in [0.05, 0.1) is 6.20 Å². The van der Waals surface area contributed by atoms with Gasteiger partial charge in [0.2, 0.25) is 0 Å². The van der Waals surface area contributed by atoms with E-state index in [1.807, 2.05) is 12.3 Å². The average Bonchev–Trinajstić information content (AvgIpc) is 2.92. The van der Waals surface area contributed by atoms with Gasteiger partial charge >= 0.3 is 0 Å². The van der Waals surface area contributed by atoms with Crippen molar-refractivity contribution in [2.24, 2.45) is 0 Å². The first kappa shape index (κ1) is 14.3. The van der Waals surface area contributed by atoms with Gasteiger partial charge in [0.15, 0.2) is 0 Å². The maximum Gasteiger partial charge on any atom is 0.0540 e. The molecule has 2 atom stereocenters. The number of nitrogens with one attached hydrogen (secondary N) is 1. The van der Waals surface area contributed by atoms with Gasteiger partial charge < -0.3 is 5.32 Å². The molecule has 2 aromatic heterocycles. The molecular weight excluding hydrogens is 260 g/mol. The van der Waals surface area contributed by atoms with Gasteiger partial charge in [-0.25, -0.2) is 0 Å². The lowest BCUT2D eigenvalue weighted by molar-refractivity contribution is 0.400. The number of rotatable bonds is 5. The van der Waals surface area contributed by atoms with Crippen molar-refractivity contribution in [1.29, 1.82) is 0 Å². The number of nitrogens with zero attached hydrogens (tertiary/aromatic N) is 3. The molecule has 0 spiro atoms. The predicted molar refractivity (Wildman–Crippen MR) is 84.1 cm³/mol. The first-order chi connectivity index (χ1) is 10.3. The summed E-state index contributed by atoms with van der Waals surface area (Å²) >= 11 is 0. The van der Waals surface area contributed by atoms with Crippen molar-refractivity contribution < 1.29 is 0 Å². The van der Waals surface area contributed by atoms with Crippen molar-refractivity contribution in [3.63, 3.8) is 0 Å². The highest BCUT2D eigenvalue weighted by Crippen LogP contribution is 2.30. The minimum absolute atomic E-state index is 0.417. The number of pyridine rings is 1. The van der Waals surface area contributed by atoms with E-state index in [2.05, 4.69) is 52.3 Å². The molecule has 4 nitrogen and oxygen atoms in total. The van der Waals surface area contributed by atoms with E-state index in [4.69, 9.17) is 0 Å². The summed E-state index contributed by atoms with van der Waals surface area (Å²) in [7, 11) is 0. The molecule has 0 radical (unpaired) electrons. The minimum atomic E-state index is 0.417. The van der Waals surface area contributed by atoms with Crippen LogP contribution in [-0.2, 0) is 19.4 Å². The zero-order chi connectivity index (χ0) is 14.7. The fraction of sp³-hybridized carbons (Fsp3) is 0.529. The minimum Gasteiger partial charge on any atom is -0.307 e. The van der Waals surface area contributed by atoms with Crippen LogP contribution in [0.4, 0.5) is 0 Å². The Balaban J connectivity index is 1.67. The second-order valence-electron chi connectivity index (χ2n) is 5.90. The molecule has 0 bridgehead atoms. The molecular formula is C17H24N4. The Bertz CT molecular complexity index is 576. The van der Waals surface area contributed by atoms with Gasteiger partial charge in [-0.05, 0) is 45.2 Å². The highest BCUT2D eigenvalue weighted by Gasteiger charge is 2.24. The second-order valence-corrected chi connectivity index (χ2v) is 5.90. The van der Waals surface area contributed by atoms with Crippen LogP contribution in [0.1, 0.15) is 49.7 Å². The van der Waals surface area contributed by atoms with Crippen LogP contribution in [0, 0.1) is 0 Å². The van der Waals surface area contributed by atoms with Crippen molar-refractivity contribution in [2.75, 3.05) is 0 Å². The summed E-state index contributed by atoms with van der Waals surface area (Å²) in [5.74, 6) is 0. The molecule has 1 N–H and O–H groups in total. The van der Waals surface area contributed by atoms with E-state index in [0.717, 1.165) is 25.1 Å². The van der Waals surface area contributed by atoms with E-state index in [-0.39, 0.29) is 0 Å². The van der Waals surface area contributed by atoms with E-state index >= 15 is 0 Å². The zero-order valence-corrected chi connectivity index (χ0v) is 12.9. The summed E-state index contributed by atoms with van der Waals surface area (Å²) in [5.41, 5.74) is 3.97. The molecule has 112 valence electrons. The summed E-state index contributed by atoms with van der Waals surface area (Å²) in [4.78, 5) is 4.42. The third-order valence-electron chi connectivity index (χ3n) is 4.29. The Morgan fingerprint density at radius 2 is 2.33 bits per heavy atom. The summed E-state index contributed by atoms with van der Waals surface area (Å²) < 4.78 is 2.15. The quantitative estimate of drug-likeness (QED) is 0.918. The molecule has 0 aliphatic heterocycles. The molecule has 0 fully saturated rings. The van der Waals surface area contributed by atoms with Gasteiger partial charge in [-0.15, -0.1) is 0 Å². The Hall–Kier alpha value is -1.68. The van der Waals surface area contributed by atoms with E-state index in [9.17, 15) is 0 Å². The van der Waals surface area contributed by atoms with E-state index < -0.39 is 0 Å². The van der Waals surface area contributed by atoms with Crippen molar-refractivity contribution in [2.45, 2.75) is 58.2 Å². The maximum atomic E-state index is 4.52. The second kappa shape index (κ2) is 6.39. The Kier molecular flexibility index (Phi) is 4.34. The molecule has 0 amide bonds. The summed E-state index contributed by atoms with van der Waals surface area (Å²) in [6.45, 7) is 5.37. The fourth-order valence-electron chi connectivity index (χ4n) is 3.30. The Labute approximate surface area is 126 Å². The smallest absolute Gasteiger partial charge is 0.0540 e. The van der Waals surface area contributed by atoms with Crippen LogP contribution >= 0.6 is 0 Å². The third kappa shape index (κ3) is 3.16. The van der Waals surface area contributed by atoms with Gasteiger partial charge in [-0.2, -0.15) is 5.10 Å². The zero-order valence-electron chi connectivity index (χ0n) is 12.9. The van der Waals surface area contributed by atoms with Crippen LogP contribution in [-0.4, -0.2) is 20.8 Å². The number of hydrogen-bond acceptors (Lipinski definition) is 3. The lowest BCUT2D eigenvalue weighted by atomic mass is 9.92. The van der Waals surface area contributed by atoms with Gasteiger partial charge in [0.25, 0.3) is 0 Å². The molecule has 2 unspecified atom stereocenters. The van der Waals surface area contributed by atoms with Crippen LogP contribution in [0.5, 0.6) is 0 Å². The van der Waals surface area contributed by atoms with Gasteiger partial charge in [-0.1, -0.05) is 6.07 Å². The first-order valence-electron chi connectivity index (χ1n) is 7.98. The topological polar surface area (TPSA) is 42.7 Å². The molecule has 0 saturated carbocycles. The normalized spacial score (nSPS) is 19.2. The monoisotopic (exact) mass is 284 g/mol. The Morgan fingerprint density at radius 1 is 1.43 bits per heavy atom. The molecule has 2 heterocycles. The van der Waals surface area contributed by atoms with E-state index in [1.54, 1.807) is 0 Å². The van der Waals surface area contributed by atoms with Crippen LogP contribution in [0.3, 0.4) is 0 Å². The number of fused-ring (bicyclic) bond motifs is 1. The number of hydrogen-bond donors (Lipinski definition) is 1. The highest BCUT2D eigenvalue weighted by atomic mass is 15.3. The lowest BCUT2D eigenvalue weighted by Gasteiger charge is -2.27.